The van der Waals surface area contributed by atoms with E-state index in [1.807, 2.05) is 48.5 Å². The van der Waals surface area contributed by atoms with E-state index in [4.69, 9.17) is 4.74 Å². The van der Waals surface area contributed by atoms with Crippen LogP contribution in [0.2, 0.25) is 0 Å². The van der Waals surface area contributed by atoms with Crippen LogP contribution in [0.25, 0.3) is 0 Å². The Kier molecular flexibility index (Phi) is 6.57. The molecule has 1 heterocycles. The van der Waals surface area contributed by atoms with Crippen molar-refractivity contribution in [1.82, 2.24) is 14.9 Å². The molecular formula is C22H24N4O2. The van der Waals surface area contributed by atoms with Gasteiger partial charge in [-0.2, -0.15) is 0 Å². The third-order valence-corrected chi connectivity index (χ3v) is 4.33. The summed E-state index contributed by atoms with van der Waals surface area (Å²) in [7, 11) is 3.42. The minimum Gasteiger partial charge on any atom is -0.497 e. The van der Waals surface area contributed by atoms with Crippen molar-refractivity contribution in [1.29, 1.82) is 0 Å². The van der Waals surface area contributed by atoms with Crippen LogP contribution in [-0.4, -0.2) is 41.5 Å². The second-order valence-corrected chi connectivity index (χ2v) is 6.46. The summed E-state index contributed by atoms with van der Waals surface area (Å²) in [6.45, 7) is 1.24. The third-order valence-electron chi connectivity index (χ3n) is 4.33. The topological polar surface area (TPSA) is 67.3 Å². The summed E-state index contributed by atoms with van der Waals surface area (Å²) >= 11 is 0. The molecule has 0 aliphatic heterocycles. The monoisotopic (exact) mass is 376 g/mol. The minimum absolute atomic E-state index is 0.153. The molecule has 0 saturated carbocycles. The Bertz CT molecular complexity index is 898. The number of nitrogens with zero attached hydrogens (tertiary/aromatic N) is 3. The molecule has 0 radical (unpaired) electrons. The average Bonchev–Trinajstić information content (AvgIpc) is 2.74. The van der Waals surface area contributed by atoms with Gasteiger partial charge in [-0.25, -0.2) is 9.97 Å². The van der Waals surface area contributed by atoms with Gasteiger partial charge in [-0.3, -0.25) is 4.79 Å². The van der Waals surface area contributed by atoms with Crippen LogP contribution in [0, 0.1) is 0 Å². The van der Waals surface area contributed by atoms with Crippen molar-refractivity contribution in [3.8, 4) is 5.75 Å². The number of anilines is 1. The van der Waals surface area contributed by atoms with Crippen molar-refractivity contribution < 1.29 is 9.53 Å². The molecule has 0 aliphatic carbocycles. The number of rotatable bonds is 8. The largest absolute Gasteiger partial charge is 0.497 e. The van der Waals surface area contributed by atoms with Crippen molar-refractivity contribution in [3.63, 3.8) is 0 Å². The molecule has 0 unspecified atom stereocenters. The van der Waals surface area contributed by atoms with Crippen LogP contribution in [0.1, 0.15) is 21.6 Å². The lowest BCUT2D eigenvalue weighted by Crippen LogP contribution is -2.27. The Labute approximate surface area is 165 Å². The Morgan fingerprint density at radius 3 is 2.54 bits per heavy atom. The molecule has 1 amide bonds. The van der Waals surface area contributed by atoms with E-state index < -0.39 is 0 Å². The number of ether oxygens (including phenoxy) is 1. The van der Waals surface area contributed by atoms with E-state index in [9.17, 15) is 4.79 Å². The van der Waals surface area contributed by atoms with Gasteiger partial charge in [0, 0.05) is 20.1 Å². The number of hydrogen-bond donors (Lipinski definition) is 1. The van der Waals surface area contributed by atoms with Gasteiger partial charge in [0.25, 0.3) is 5.91 Å². The SMILES string of the molecule is COc1cccc(CCNc2cnc(C(=O)N(C)Cc3ccccc3)cn2)c1. The van der Waals surface area contributed by atoms with E-state index in [2.05, 4.69) is 21.4 Å². The molecule has 3 aromatic rings. The lowest BCUT2D eigenvalue weighted by atomic mass is 10.1. The van der Waals surface area contributed by atoms with Crippen LogP contribution < -0.4 is 10.1 Å². The molecule has 144 valence electrons. The Morgan fingerprint density at radius 2 is 1.82 bits per heavy atom. The molecule has 6 heteroatoms. The van der Waals surface area contributed by atoms with E-state index in [1.165, 1.54) is 11.8 Å². The van der Waals surface area contributed by atoms with E-state index in [0.717, 1.165) is 17.7 Å². The van der Waals surface area contributed by atoms with Crippen LogP contribution in [-0.2, 0) is 13.0 Å². The summed E-state index contributed by atoms with van der Waals surface area (Å²) in [5, 5.41) is 3.23. The number of benzene rings is 2. The molecule has 0 fully saturated rings. The Hall–Kier alpha value is -3.41. The lowest BCUT2D eigenvalue weighted by molar-refractivity contribution is 0.0779. The standard InChI is InChI=1S/C22H24N4O2/c1-26(16-18-7-4-3-5-8-18)22(27)20-14-25-21(15-24-20)23-12-11-17-9-6-10-19(13-17)28-2/h3-10,13-15H,11-12,16H2,1-2H3,(H,23,25). The predicted molar refractivity (Wildman–Crippen MR) is 109 cm³/mol. The molecule has 0 spiro atoms. The molecule has 0 saturated heterocycles. The summed E-state index contributed by atoms with van der Waals surface area (Å²) in [5.74, 6) is 1.34. The second-order valence-electron chi connectivity index (χ2n) is 6.46. The quantitative estimate of drug-likeness (QED) is 0.653. The van der Waals surface area contributed by atoms with Crippen molar-refractivity contribution in [2.75, 3.05) is 26.0 Å². The molecule has 0 aliphatic rings. The van der Waals surface area contributed by atoms with Crippen molar-refractivity contribution >= 4 is 11.7 Å². The highest BCUT2D eigenvalue weighted by atomic mass is 16.5. The third kappa shape index (κ3) is 5.30. The molecule has 28 heavy (non-hydrogen) atoms. The van der Waals surface area contributed by atoms with Gasteiger partial charge < -0.3 is 15.0 Å². The summed E-state index contributed by atoms with van der Waals surface area (Å²) in [4.78, 5) is 22.7. The smallest absolute Gasteiger partial charge is 0.274 e. The maximum Gasteiger partial charge on any atom is 0.274 e. The van der Waals surface area contributed by atoms with E-state index in [-0.39, 0.29) is 5.91 Å². The first-order valence-corrected chi connectivity index (χ1v) is 9.14. The van der Waals surface area contributed by atoms with Crippen LogP contribution in [0.5, 0.6) is 5.75 Å². The van der Waals surface area contributed by atoms with E-state index in [1.54, 1.807) is 25.3 Å². The molecule has 6 nitrogen and oxygen atoms in total. The van der Waals surface area contributed by atoms with Crippen LogP contribution in [0.15, 0.2) is 67.0 Å². The van der Waals surface area contributed by atoms with Gasteiger partial charge in [0.2, 0.25) is 0 Å². The minimum atomic E-state index is -0.153. The zero-order valence-corrected chi connectivity index (χ0v) is 16.1. The fourth-order valence-electron chi connectivity index (χ4n) is 2.82. The predicted octanol–water partition coefficient (Wildman–Crippen LogP) is 3.41. The molecule has 1 N–H and O–H groups in total. The first-order chi connectivity index (χ1) is 13.7. The Morgan fingerprint density at radius 1 is 1.04 bits per heavy atom. The normalized spacial score (nSPS) is 10.4. The van der Waals surface area contributed by atoms with Gasteiger partial charge in [-0.15, -0.1) is 0 Å². The fourth-order valence-corrected chi connectivity index (χ4v) is 2.82. The zero-order valence-electron chi connectivity index (χ0n) is 16.1. The van der Waals surface area contributed by atoms with Crippen molar-refractivity contribution in [2.45, 2.75) is 13.0 Å². The highest BCUT2D eigenvalue weighted by Crippen LogP contribution is 2.13. The van der Waals surface area contributed by atoms with Gasteiger partial charge >= 0.3 is 0 Å². The summed E-state index contributed by atoms with van der Waals surface area (Å²) in [6, 6.07) is 17.8. The van der Waals surface area contributed by atoms with Crippen LogP contribution in [0.4, 0.5) is 5.82 Å². The molecular weight excluding hydrogens is 352 g/mol. The maximum atomic E-state index is 12.5. The highest BCUT2D eigenvalue weighted by Gasteiger charge is 2.14. The van der Waals surface area contributed by atoms with Gasteiger partial charge in [0.1, 0.15) is 17.3 Å². The zero-order chi connectivity index (χ0) is 19.8. The number of carbonyl (C=O) groups is 1. The number of hydrogen-bond acceptors (Lipinski definition) is 5. The van der Waals surface area contributed by atoms with Crippen LogP contribution in [0.3, 0.4) is 0 Å². The van der Waals surface area contributed by atoms with Gasteiger partial charge in [-0.1, -0.05) is 42.5 Å². The summed E-state index contributed by atoms with van der Waals surface area (Å²) in [5.41, 5.74) is 2.58. The highest BCUT2D eigenvalue weighted by molar-refractivity contribution is 5.91. The summed E-state index contributed by atoms with van der Waals surface area (Å²) in [6.07, 6.45) is 3.94. The molecule has 2 aromatic carbocycles. The number of carbonyl (C=O) groups excluding carboxylic acids is 1. The number of amides is 1. The molecule has 0 bridgehead atoms. The first-order valence-electron chi connectivity index (χ1n) is 9.14. The molecule has 3 rings (SSSR count). The van der Waals surface area contributed by atoms with Crippen molar-refractivity contribution in [2.24, 2.45) is 0 Å². The van der Waals surface area contributed by atoms with Gasteiger partial charge in [0.15, 0.2) is 0 Å². The average molecular weight is 376 g/mol. The summed E-state index contributed by atoms with van der Waals surface area (Å²) < 4.78 is 5.23. The fraction of sp³-hybridized carbons (Fsp3) is 0.227. The molecule has 1 aromatic heterocycles. The molecule has 0 atom stereocenters. The second kappa shape index (κ2) is 9.50. The lowest BCUT2D eigenvalue weighted by Gasteiger charge is -2.16. The van der Waals surface area contributed by atoms with Gasteiger partial charge in [0.05, 0.1) is 19.5 Å². The van der Waals surface area contributed by atoms with E-state index in [0.29, 0.717) is 24.6 Å². The van der Waals surface area contributed by atoms with Crippen LogP contribution >= 0.6 is 0 Å². The number of methoxy groups -OCH3 is 1. The van der Waals surface area contributed by atoms with E-state index >= 15 is 0 Å². The maximum absolute atomic E-state index is 12.5. The number of nitrogens with one attached hydrogen (secondary N) is 1. The number of aromatic nitrogens is 2. The van der Waals surface area contributed by atoms with Gasteiger partial charge in [-0.05, 0) is 29.7 Å². The Balaban J connectivity index is 1.51. The van der Waals surface area contributed by atoms with Crippen molar-refractivity contribution in [3.05, 3.63) is 83.8 Å². The first kappa shape index (κ1) is 19.4.